The molecule has 1 amide bonds. The van der Waals surface area contributed by atoms with Crippen molar-refractivity contribution in [3.63, 3.8) is 0 Å². The molecule has 1 spiro atoms. The van der Waals surface area contributed by atoms with Crippen LogP contribution in [-0.2, 0) is 9.47 Å². The standard InChI is InChI=1S/C21H29NO3/c23-20(18-4-2-1-3-5-18)22-11-8-21(9-12-22)10-13-24-15-19(21)16-25-14-17-6-7-17/h1-5,17,19H,6-16H2. The fraction of sp³-hybridized carbons (Fsp3) is 0.667. The summed E-state index contributed by atoms with van der Waals surface area (Å²) in [5, 5.41) is 0. The minimum Gasteiger partial charge on any atom is -0.381 e. The van der Waals surface area contributed by atoms with Crippen molar-refractivity contribution in [1.82, 2.24) is 4.90 Å². The lowest BCUT2D eigenvalue weighted by molar-refractivity contribution is -0.0975. The average molecular weight is 343 g/mol. The van der Waals surface area contributed by atoms with Gasteiger partial charge in [-0.15, -0.1) is 0 Å². The number of hydrogen-bond acceptors (Lipinski definition) is 3. The Hall–Kier alpha value is -1.39. The molecular weight excluding hydrogens is 314 g/mol. The Kier molecular flexibility index (Phi) is 5.09. The van der Waals surface area contributed by atoms with Gasteiger partial charge in [-0.1, -0.05) is 18.2 Å². The van der Waals surface area contributed by atoms with Gasteiger partial charge in [0.2, 0.25) is 0 Å². The fourth-order valence-electron chi connectivity index (χ4n) is 4.34. The summed E-state index contributed by atoms with van der Waals surface area (Å²) < 4.78 is 11.8. The van der Waals surface area contributed by atoms with E-state index in [1.165, 1.54) is 12.8 Å². The van der Waals surface area contributed by atoms with E-state index < -0.39 is 0 Å². The van der Waals surface area contributed by atoms with E-state index in [9.17, 15) is 4.79 Å². The van der Waals surface area contributed by atoms with Gasteiger partial charge < -0.3 is 14.4 Å². The molecule has 1 aromatic rings. The molecule has 0 N–H and O–H groups in total. The highest BCUT2D eigenvalue weighted by Crippen LogP contribution is 2.45. The number of hydrogen-bond donors (Lipinski definition) is 0. The predicted molar refractivity (Wildman–Crippen MR) is 96.5 cm³/mol. The van der Waals surface area contributed by atoms with Crippen LogP contribution in [0.25, 0.3) is 0 Å². The Morgan fingerprint density at radius 1 is 1.12 bits per heavy atom. The molecule has 3 fully saturated rings. The molecule has 2 saturated heterocycles. The molecular formula is C21H29NO3. The van der Waals surface area contributed by atoms with Crippen LogP contribution in [0, 0.1) is 17.3 Å². The van der Waals surface area contributed by atoms with Gasteiger partial charge in [-0.25, -0.2) is 0 Å². The Morgan fingerprint density at radius 3 is 2.60 bits per heavy atom. The number of benzene rings is 1. The summed E-state index contributed by atoms with van der Waals surface area (Å²) in [7, 11) is 0. The van der Waals surface area contributed by atoms with Crippen LogP contribution in [0.2, 0.25) is 0 Å². The first-order valence-electron chi connectivity index (χ1n) is 9.77. The first-order chi connectivity index (χ1) is 12.3. The fourth-order valence-corrected chi connectivity index (χ4v) is 4.34. The van der Waals surface area contributed by atoms with Crippen molar-refractivity contribution in [2.75, 3.05) is 39.5 Å². The molecule has 3 aliphatic rings. The summed E-state index contributed by atoms with van der Waals surface area (Å²) >= 11 is 0. The highest BCUT2D eigenvalue weighted by atomic mass is 16.5. The zero-order valence-corrected chi connectivity index (χ0v) is 15.0. The summed E-state index contributed by atoms with van der Waals surface area (Å²) in [5.74, 6) is 1.46. The molecule has 4 heteroatoms. The Bertz CT molecular complexity index is 576. The Balaban J connectivity index is 1.35. The van der Waals surface area contributed by atoms with Gasteiger partial charge in [0.25, 0.3) is 5.91 Å². The number of carbonyl (C=O) groups excluding carboxylic acids is 1. The second-order valence-corrected chi connectivity index (χ2v) is 8.02. The van der Waals surface area contributed by atoms with E-state index in [1.54, 1.807) is 0 Å². The van der Waals surface area contributed by atoms with Gasteiger partial charge >= 0.3 is 0 Å². The van der Waals surface area contributed by atoms with E-state index in [1.807, 2.05) is 35.2 Å². The molecule has 1 aromatic carbocycles. The quantitative estimate of drug-likeness (QED) is 0.823. The van der Waals surface area contributed by atoms with Crippen LogP contribution in [0.15, 0.2) is 30.3 Å². The normalized spacial score (nSPS) is 25.9. The van der Waals surface area contributed by atoms with Crippen molar-refractivity contribution in [3.8, 4) is 0 Å². The molecule has 1 aliphatic carbocycles. The average Bonchev–Trinajstić information content (AvgIpc) is 3.49. The molecule has 2 heterocycles. The number of likely N-dealkylation sites (tertiary alicyclic amines) is 1. The van der Waals surface area contributed by atoms with E-state index in [4.69, 9.17) is 9.47 Å². The molecule has 0 bridgehead atoms. The zero-order valence-electron chi connectivity index (χ0n) is 15.0. The number of ether oxygens (including phenoxy) is 2. The van der Waals surface area contributed by atoms with Gasteiger partial charge in [-0.2, -0.15) is 0 Å². The summed E-state index contributed by atoms with van der Waals surface area (Å²) in [6, 6.07) is 9.65. The van der Waals surface area contributed by atoms with Gasteiger partial charge in [0, 0.05) is 37.8 Å². The highest BCUT2D eigenvalue weighted by Gasteiger charge is 2.44. The van der Waals surface area contributed by atoms with E-state index in [0.29, 0.717) is 11.3 Å². The van der Waals surface area contributed by atoms with Crippen molar-refractivity contribution in [2.24, 2.45) is 17.3 Å². The molecule has 1 unspecified atom stereocenters. The number of amides is 1. The van der Waals surface area contributed by atoms with Crippen LogP contribution >= 0.6 is 0 Å². The van der Waals surface area contributed by atoms with Crippen molar-refractivity contribution in [2.45, 2.75) is 32.1 Å². The monoisotopic (exact) mass is 343 g/mol. The summed E-state index contributed by atoms with van der Waals surface area (Å²) in [4.78, 5) is 14.7. The maximum atomic E-state index is 12.7. The summed E-state index contributed by atoms with van der Waals surface area (Å²) in [6.45, 7) is 5.12. The molecule has 4 nitrogen and oxygen atoms in total. The summed E-state index contributed by atoms with van der Waals surface area (Å²) in [6.07, 6.45) is 5.93. The minimum atomic E-state index is 0.170. The van der Waals surface area contributed by atoms with Gasteiger partial charge in [0.1, 0.15) is 0 Å². The lowest BCUT2D eigenvalue weighted by Crippen LogP contribution is -2.50. The lowest BCUT2D eigenvalue weighted by Gasteiger charge is -2.49. The van der Waals surface area contributed by atoms with Gasteiger partial charge in [-0.05, 0) is 55.6 Å². The first kappa shape index (κ1) is 17.0. The molecule has 0 aromatic heterocycles. The van der Waals surface area contributed by atoms with Crippen LogP contribution in [-0.4, -0.2) is 50.3 Å². The van der Waals surface area contributed by atoms with Crippen LogP contribution in [0.5, 0.6) is 0 Å². The SMILES string of the molecule is O=C(c1ccccc1)N1CCC2(CCOCC2COCC2CC2)CC1. The van der Waals surface area contributed by atoms with Crippen molar-refractivity contribution in [1.29, 1.82) is 0 Å². The molecule has 136 valence electrons. The van der Waals surface area contributed by atoms with E-state index in [-0.39, 0.29) is 5.91 Å². The van der Waals surface area contributed by atoms with Crippen LogP contribution in [0.3, 0.4) is 0 Å². The number of carbonyl (C=O) groups is 1. The van der Waals surface area contributed by atoms with E-state index in [2.05, 4.69) is 0 Å². The van der Waals surface area contributed by atoms with Crippen LogP contribution < -0.4 is 0 Å². The first-order valence-corrected chi connectivity index (χ1v) is 9.77. The second kappa shape index (κ2) is 7.46. The van der Waals surface area contributed by atoms with Crippen molar-refractivity contribution in [3.05, 3.63) is 35.9 Å². The topological polar surface area (TPSA) is 38.8 Å². The Labute approximate surface area is 150 Å². The number of rotatable bonds is 5. The predicted octanol–water partition coefficient (Wildman–Crippen LogP) is 3.37. The van der Waals surface area contributed by atoms with Crippen LogP contribution in [0.4, 0.5) is 0 Å². The van der Waals surface area contributed by atoms with Crippen molar-refractivity contribution >= 4 is 5.91 Å². The highest BCUT2D eigenvalue weighted by molar-refractivity contribution is 5.94. The van der Waals surface area contributed by atoms with E-state index in [0.717, 1.165) is 70.3 Å². The van der Waals surface area contributed by atoms with Gasteiger partial charge in [0.15, 0.2) is 0 Å². The third-order valence-electron chi connectivity index (χ3n) is 6.37. The molecule has 1 atom stereocenters. The Morgan fingerprint density at radius 2 is 1.88 bits per heavy atom. The second-order valence-electron chi connectivity index (χ2n) is 8.02. The van der Waals surface area contributed by atoms with Gasteiger partial charge in [0.05, 0.1) is 13.2 Å². The largest absolute Gasteiger partial charge is 0.381 e. The maximum absolute atomic E-state index is 12.7. The zero-order chi connectivity index (χ0) is 17.1. The molecule has 1 saturated carbocycles. The van der Waals surface area contributed by atoms with Gasteiger partial charge in [-0.3, -0.25) is 4.79 Å². The van der Waals surface area contributed by atoms with Crippen molar-refractivity contribution < 1.29 is 14.3 Å². The molecule has 4 rings (SSSR count). The van der Waals surface area contributed by atoms with E-state index >= 15 is 0 Å². The molecule has 2 aliphatic heterocycles. The maximum Gasteiger partial charge on any atom is 0.253 e. The third kappa shape index (κ3) is 3.90. The number of nitrogens with zero attached hydrogens (tertiary/aromatic N) is 1. The van der Waals surface area contributed by atoms with Crippen LogP contribution in [0.1, 0.15) is 42.5 Å². The number of piperidine rings is 1. The lowest BCUT2D eigenvalue weighted by atomic mass is 9.66. The minimum absolute atomic E-state index is 0.170. The summed E-state index contributed by atoms with van der Waals surface area (Å²) in [5.41, 5.74) is 1.10. The molecule has 0 radical (unpaired) electrons. The molecule has 25 heavy (non-hydrogen) atoms. The smallest absolute Gasteiger partial charge is 0.253 e. The third-order valence-corrected chi connectivity index (χ3v) is 6.37.